The standard InChI is InChI=1S/C11H19NO3/c1-9(14)11-4-2-10(3-5-11)6-12-7-15-8-13/h8,10-12H,2-7H2,1H3. The Morgan fingerprint density at radius 1 is 1.40 bits per heavy atom. The van der Waals surface area contributed by atoms with Crippen molar-refractivity contribution in [2.45, 2.75) is 32.6 Å². The van der Waals surface area contributed by atoms with Gasteiger partial charge in [0.1, 0.15) is 12.5 Å². The molecule has 4 nitrogen and oxygen atoms in total. The van der Waals surface area contributed by atoms with Gasteiger partial charge in [0.2, 0.25) is 0 Å². The van der Waals surface area contributed by atoms with Crippen molar-refractivity contribution in [1.82, 2.24) is 5.32 Å². The first-order chi connectivity index (χ1) is 7.24. The second kappa shape index (κ2) is 6.56. The molecule has 1 aliphatic carbocycles. The average Bonchev–Trinajstić information content (AvgIpc) is 2.25. The van der Waals surface area contributed by atoms with Crippen molar-refractivity contribution in [3.8, 4) is 0 Å². The summed E-state index contributed by atoms with van der Waals surface area (Å²) in [7, 11) is 0. The van der Waals surface area contributed by atoms with Crippen LogP contribution in [0.2, 0.25) is 0 Å². The quantitative estimate of drug-likeness (QED) is 0.408. The molecule has 0 aromatic heterocycles. The summed E-state index contributed by atoms with van der Waals surface area (Å²) < 4.78 is 4.54. The highest BCUT2D eigenvalue weighted by Crippen LogP contribution is 2.28. The third-order valence-electron chi connectivity index (χ3n) is 3.11. The lowest BCUT2D eigenvalue weighted by atomic mass is 9.80. The monoisotopic (exact) mass is 213 g/mol. The van der Waals surface area contributed by atoms with Gasteiger partial charge in [0.05, 0.1) is 0 Å². The molecule has 0 bridgehead atoms. The predicted molar refractivity (Wildman–Crippen MR) is 56.1 cm³/mol. The van der Waals surface area contributed by atoms with E-state index in [2.05, 4.69) is 10.1 Å². The maximum atomic E-state index is 11.1. The van der Waals surface area contributed by atoms with Crippen LogP contribution in [0.4, 0.5) is 0 Å². The lowest BCUT2D eigenvalue weighted by Crippen LogP contribution is -2.29. The maximum Gasteiger partial charge on any atom is 0.294 e. The van der Waals surface area contributed by atoms with Crippen LogP contribution >= 0.6 is 0 Å². The van der Waals surface area contributed by atoms with Crippen molar-refractivity contribution in [3.63, 3.8) is 0 Å². The van der Waals surface area contributed by atoms with E-state index in [1.54, 1.807) is 6.92 Å². The van der Waals surface area contributed by atoms with Gasteiger partial charge in [-0.25, -0.2) is 0 Å². The number of rotatable bonds is 6. The minimum atomic E-state index is 0.285. The molecule has 0 atom stereocenters. The van der Waals surface area contributed by atoms with E-state index < -0.39 is 0 Å². The summed E-state index contributed by atoms with van der Waals surface area (Å²) in [5.41, 5.74) is 0. The summed E-state index contributed by atoms with van der Waals surface area (Å²) in [4.78, 5) is 21.0. The van der Waals surface area contributed by atoms with Crippen LogP contribution in [0.1, 0.15) is 32.6 Å². The second-order valence-electron chi connectivity index (χ2n) is 4.19. The van der Waals surface area contributed by atoms with E-state index in [1.807, 2.05) is 0 Å². The Balaban J connectivity index is 2.09. The Morgan fingerprint density at radius 2 is 2.07 bits per heavy atom. The van der Waals surface area contributed by atoms with E-state index in [-0.39, 0.29) is 12.6 Å². The van der Waals surface area contributed by atoms with Gasteiger partial charge in [-0.3, -0.25) is 14.9 Å². The minimum Gasteiger partial charge on any atom is -0.452 e. The fourth-order valence-electron chi connectivity index (χ4n) is 2.13. The van der Waals surface area contributed by atoms with Crippen LogP contribution in [0, 0.1) is 11.8 Å². The van der Waals surface area contributed by atoms with Crippen molar-refractivity contribution in [3.05, 3.63) is 0 Å². The SMILES string of the molecule is CC(=O)C1CCC(CNCOC=O)CC1. The van der Waals surface area contributed by atoms with Gasteiger partial charge >= 0.3 is 0 Å². The van der Waals surface area contributed by atoms with Crippen LogP contribution in [0.3, 0.4) is 0 Å². The lowest BCUT2D eigenvalue weighted by Gasteiger charge is -2.26. The molecule has 0 saturated heterocycles. The van der Waals surface area contributed by atoms with Crippen LogP contribution in [0.15, 0.2) is 0 Å². The number of carbonyl (C=O) groups excluding carboxylic acids is 2. The summed E-state index contributed by atoms with van der Waals surface area (Å²) in [6, 6.07) is 0. The van der Waals surface area contributed by atoms with E-state index in [4.69, 9.17) is 0 Å². The molecule has 1 saturated carbocycles. The van der Waals surface area contributed by atoms with E-state index in [9.17, 15) is 9.59 Å². The molecule has 0 aromatic rings. The number of Topliss-reactive ketones (excluding diaryl/α,β-unsaturated/α-hetero) is 1. The molecular weight excluding hydrogens is 194 g/mol. The maximum absolute atomic E-state index is 11.1. The molecule has 1 N–H and O–H groups in total. The molecule has 0 amide bonds. The molecule has 4 heteroatoms. The van der Waals surface area contributed by atoms with Crippen molar-refractivity contribution >= 4 is 12.3 Å². The van der Waals surface area contributed by atoms with Gasteiger partial charge < -0.3 is 4.74 Å². The first kappa shape index (κ1) is 12.2. The van der Waals surface area contributed by atoms with Crippen LogP contribution in [-0.2, 0) is 14.3 Å². The van der Waals surface area contributed by atoms with Gasteiger partial charge in [-0.1, -0.05) is 0 Å². The smallest absolute Gasteiger partial charge is 0.294 e. The number of carbonyl (C=O) groups is 2. The third kappa shape index (κ3) is 4.42. The summed E-state index contributed by atoms with van der Waals surface area (Å²) in [6.07, 6.45) is 4.21. The number of nitrogens with one attached hydrogen (secondary N) is 1. The average molecular weight is 213 g/mol. The fraction of sp³-hybridized carbons (Fsp3) is 0.818. The Labute approximate surface area is 90.4 Å². The zero-order valence-electron chi connectivity index (χ0n) is 9.20. The molecule has 86 valence electrons. The molecule has 15 heavy (non-hydrogen) atoms. The van der Waals surface area contributed by atoms with Crippen LogP contribution in [0.25, 0.3) is 0 Å². The zero-order chi connectivity index (χ0) is 11.1. The highest BCUT2D eigenvalue weighted by molar-refractivity contribution is 5.78. The number of hydrogen-bond acceptors (Lipinski definition) is 4. The van der Waals surface area contributed by atoms with Gasteiger partial charge in [-0.05, 0) is 38.5 Å². The molecule has 0 aliphatic heterocycles. The summed E-state index contributed by atoms with van der Waals surface area (Å²) in [5.74, 6) is 1.23. The molecule has 0 radical (unpaired) electrons. The lowest BCUT2D eigenvalue weighted by molar-refractivity contribution is -0.129. The molecule has 0 heterocycles. The van der Waals surface area contributed by atoms with Gasteiger partial charge in [0.25, 0.3) is 6.47 Å². The summed E-state index contributed by atoms with van der Waals surface area (Å²) in [5, 5.41) is 3.06. The van der Waals surface area contributed by atoms with E-state index in [0.29, 0.717) is 18.2 Å². The molecule has 1 fully saturated rings. The molecule has 0 unspecified atom stereocenters. The highest BCUT2D eigenvalue weighted by Gasteiger charge is 2.23. The molecule has 1 aliphatic rings. The Kier molecular flexibility index (Phi) is 5.32. The number of hydrogen-bond donors (Lipinski definition) is 1. The van der Waals surface area contributed by atoms with Gasteiger partial charge in [0, 0.05) is 12.5 Å². The number of ether oxygens (including phenoxy) is 1. The topological polar surface area (TPSA) is 55.4 Å². The molecule has 0 aromatic carbocycles. The van der Waals surface area contributed by atoms with Crippen molar-refractivity contribution in [2.24, 2.45) is 11.8 Å². The normalized spacial score (nSPS) is 25.9. The van der Waals surface area contributed by atoms with E-state index >= 15 is 0 Å². The first-order valence-corrected chi connectivity index (χ1v) is 5.50. The predicted octanol–water partition coefficient (Wildman–Crippen LogP) is 1.10. The third-order valence-corrected chi connectivity index (χ3v) is 3.11. The van der Waals surface area contributed by atoms with Crippen LogP contribution in [0.5, 0.6) is 0 Å². The highest BCUT2D eigenvalue weighted by atomic mass is 16.5. The van der Waals surface area contributed by atoms with Gasteiger partial charge in [-0.15, -0.1) is 0 Å². The molecular formula is C11H19NO3. The largest absolute Gasteiger partial charge is 0.452 e. The summed E-state index contributed by atoms with van der Waals surface area (Å²) in [6.45, 7) is 3.29. The fourth-order valence-corrected chi connectivity index (χ4v) is 2.13. The Morgan fingerprint density at radius 3 is 2.60 bits per heavy atom. The summed E-state index contributed by atoms with van der Waals surface area (Å²) >= 11 is 0. The minimum absolute atomic E-state index is 0.285. The van der Waals surface area contributed by atoms with Gasteiger partial charge in [-0.2, -0.15) is 0 Å². The number of ketones is 1. The van der Waals surface area contributed by atoms with Crippen molar-refractivity contribution in [2.75, 3.05) is 13.3 Å². The molecule has 1 rings (SSSR count). The van der Waals surface area contributed by atoms with Crippen LogP contribution in [-0.4, -0.2) is 25.5 Å². The van der Waals surface area contributed by atoms with Crippen molar-refractivity contribution < 1.29 is 14.3 Å². The Bertz CT molecular complexity index is 210. The van der Waals surface area contributed by atoms with E-state index in [1.165, 1.54) is 0 Å². The molecule has 0 spiro atoms. The second-order valence-corrected chi connectivity index (χ2v) is 4.19. The zero-order valence-corrected chi connectivity index (χ0v) is 9.20. The Hall–Kier alpha value is -0.900. The van der Waals surface area contributed by atoms with E-state index in [0.717, 1.165) is 32.2 Å². The van der Waals surface area contributed by atoms with Crippen LogP contribution < -0.4 is 5.32 Å². The van der Waals surface area contributed by atoms with Crippen molar-refractivity contribution in [1.29, 1.82) is 0 Å². The first-order valence-electron chi connectivity index (χ1n) is 5.50. The van der Waals surface area contributed by atoms with Gasteiger partial charge in [0.15, 0.2) is 0 Å².